The van der Waals surface area contributed by atoms with E-state index in [0.717, 1.165) is 6.42 Å². The fourth-order valence-corrected chi connectivity index (χ4v) is 2.50. The fourth-order valence-electron chi connectivity index (χ4n) is 2.50. The zero-order chi connectivity index (χ0) is 15.4. The van der Waals surface area contributed by atoms with E-state index < -0.39 is 12.0 Å². The molecule has 1 fully saturated rings. The van der Waals surface area contributed by atoms with Crippen LogP contribution in [0.1, 0.15) is 18.0 Å². The summed E-state index contributed by atoms with van der Waals surface area (Å²) in [6.45, 7) is 1.27. The van der Waals surface area contributed by atoms with Crippen LogP contribution >= 0.6 is 0 Å². The molecular weight excluding hydrogens is 270 g/mol. The van der Waals surface area contributed by atoms with Gasteiger partial charge in [-0.1, -0.05) is 30.3 Å². The van der Waals surface area contributed by atoms with Crippen molar-refractivity contribution in [2.75, 3.05) is 27.2 Å². The van der Waals surface area contributed by atoms with Crippen LogP contribution in [0.25, 0.3) is 0 Å². The number of urea groups is 1. The van der Waals surface area contributed by atoms with E-state index in [1.165, 1.54) is 0 Å². The van der Waals surface area contributed by atoms with E-state index in [4.69, 9.17) is 0 Å². The first-order valence-electron chi connectivity index (χ1n) is 6.98. The molecule has 6 heteroatoms. The minimum absolute atomic E-state index is 0.324. The number of benzene rings is 1. The van der Waals surface area contributed by atoms with Gasteiger partial charge in [0.25, 0.3) is 0 Å². The van der Waals surface area contributed by atoms with Gasteiger partial charge in [0.2, 0.25) is 0 Å². The zero-order valence-corrected chi connectivity index (χ0v) is 12.3. The predicted molar refractivity (Wildman–Crippen MR) is 79.0 cm³/mol. The van der Waals surface area contributed by atoms with E-state index in [0.29, 0.717) is 24.7 Å². The Morgan fingerprint density at radius 1 is 1.33 bits per heavy atom. The standard InChI is InChI=1S/C15H21N3O3/c1-17(2)12-8-9-18(10-12)15(21)16-13(14(19)20)11-6-4-3-5-7-11/h3-7,12-13H,8-10H2,1-2H3,(H,16,21)(H,19,20)/t12?,13-/m0/s1. The van der Waals surface area contributed by atoms with Gasteiger partial charge in [0.1, 0.15) is 0 Å². The van der Waals surface area contributed by atoms with E-state index >= 15 is 0 Å². The maximum Gasteiger partial charge on any atom is 0.330 e. The summed E-state index contributed by atoms with van der Waals surface area (Å²) in [4.78, 5) is 27.4. The Morgan fingerprint density at radius 2 is 2.00 bits per heavy atom. The van der Waals surface area contributed by atoms with Crippen molar-refractivity contribution in [2.24, 2.45) is 0 Å². The SMILES string of the molecule is CN(C)C1CCN(C(=O)N[C@H](C(=O)O)c2ccccc2)C1. The number of carboxylic acids is 1. The highest BCUT2D eigenvalue weighted by atomic mass is 16.4. The van der Waals surface area contributed by atoms with Crippen molar-refractivity contribution in [1.82, 2.24) is 15.1 Å². The van der Waals surface area contributed by atoms with E-state index in [1.807, 2.05) is 20.2 Å². The van der Waals surface area contributed by atoms with Crippen LogP contribution in [0.5, 0.6) is 0 Å². The average molecular weight is 291 g/mol. The molecule has 6 nitrogen and oxygen atoms in total. The molecule has 0 radical (unpaired) electrons. The monoisotopic (exact) mass is 291 g/mol. The molecule has 2 amide bonds. The highest BCUT2D eigenvalue weighted by molar-refractivity contribution is 5.83. The summed E-state index contributed by atoms with van der Waals surface area (Å²) < 4.78 is 0. The van der Waals surface area contributed by atoms with Crippen LogP contribution in [-0.4, -0.2) is 60.1 Å². The van der Waals surface area contributed by atoms with Crippen LogP contribution < -0.4 is 5.32 Å². The summed E-state index contributed by atoms with van der Waals surface area (Å²) >= 11 is 0. The minimum atomic E-state index is -1.06. The van der Waals surface area contributed by atoms with Crippen LogP contribution in [0.3, 0.4) is 0 Å². The Kier molecular flexibility index (Phi) is 4.80. The summed E-state index contributed by atoms with van der Waals surface area (Å²) in [6.07, 6.45) is 0.906. The molecule has 1 aromatic rings. The smallest absolute Gasteiger partial charge is 0.330 e. The van der Waals surface area contributed by atoms with Gasteiger partial charge in [-0.15, -0.1) is 0 Å². The van der Waals surface area contributed by atoms with Gasteiger partial charge < -0.3 is 20.2 Å². The normalized spacial score (nSPS) is 19.6. The molecule has 1 saturated heterocycles. The van der Waals surface area contributed by atoms with Crippen LogP contribution in [0.15, 0.2) is 30.3 Å². The zero-order valence-electron chi connectivity index (χ0n) is 12.3. The molecule has 1 aliphatic heterocycles. The summed E-state index contributed by atoms with van der Waals surface area (Å²) in [5.74, 6) is -1.06. The second-order valence-corrected chi connectivity index (χ2v) is 5.48. The second-order valence-electron chi connectivity index (χ2n) is 5.48. The Morgan fingerprint density at radius 3 is 2.52 bits per heavy atom. The largest absolute Gasteiger partial charge is 0.479 e. The van der Waals surface area contributed by atoms with Crippen LogP contribution in [0.2, 0.25) is 0 Å². The van der Waals surface area contributed by atoms with Crippen molar-refractivity contribution in [2.45, 2.75) is 18.5 Å². The lowest BCUT2D eigenvalue weighted by molar-refractivity contribution is -0.139. The molecule has 0 spiro atoms. The Labute approximate surface area is 124 Å². The molecule has 2 N–H and O–H groups in total. The lowest BCUT2D eigenvalue weighted by atomic mass is 10.1. The molecule has 0 aromatic heterocycles. The first-order valence-corrected chi connectivity index (χ1v) is 6.98. The number of likely N-dealkylation sites (tertiary alicyclic amines) is 1. The van der Waals surface area contributed by atoms with Crippen molar-refractivity contribution in [3.05, 3.63) is 35.9 Å². The third-order valence-electron chi connectivity index (χ3n) is 3.83. The van der Waals surface area contributed by atoms with Crippen molar-refractivity contribution >= 4 is 12.0 Å². The van der Waals surface area contributed by atoms with E-state index in [2.05, 4.69) is 10.2 Å². The second kappa shape index (κ2) is 6.58. The van der Waals surface area contributed by atoms with Gasteiger partial charge in [-0.25, -0.2) is 9.59 Å². The maximum atomic E-state index is 12.2. The summed E-state index contributed by atoms with van der Waals surface area (Å²) in [6, 6.07) is 7.72. The van der Waals surface area contributed by atoms with Crippen molar-refractivity contribution < 1.29 is 14.7 Å². The highest BCUT2D eigenvalue weighted by Gasteiger charge is 2.30. The van der Waals surface area contributed by atoms with Gasteiger partial charge >= 0.3 is 12.0 Å². The molecule has 0 bridgehead atoms. The van der Waals surface area contributed by atoms with E-state index in [-0.39, 0.29) is 6.03 Å². The van der Waals surface area contributed by atoms with Crippen molar-refractivity contribution in [3.8, 4) is 0 Å². The first kappa shape index (κ1) is 15.3. The molecule has 1 aliphatic rings. The molecule has 1 aromatic carbocycles. The lowest BCUT2D eigenvalue weighted by Crippen LogP contribution is -2.44. The molecule has 1 unspecified atom stereocenters. The van der Waals surface area contributed by atoms with Gasteiger partial charge in [0.15, 0.2) is 6.04 Å². The Balaban J connectivity index is 2.02. The number of aliphatic carboxylic acids is 1. The molecule has 2 atom stereocenters. The van der Waals surface area contributed by atoms with Crippen LogP contribution in [0.4, 0.5) is 4.79 Å². The number of rotatable bonds is 4. The number of carboxylic acid groups (broad SMARTS) is 1. The number of nitrogens with zero attached hydrogens (tertiary/aromatic N) is 2. The third-order valence-corrected chi connectivity index (χ3v) is 3.83. The van der Waals surface area contributed by atoms with Gasteiger partial charge in [-0.2, -0.15) is 0 Å². The molecule has 1 heterocycles. The molecule has 0 saturated carbocycles. The summed E-state index contributed by atoms with van der Waals surface area (Å²) in [5.41, 5.74) is 0.571. The number of nitrogens with one attached hydrogen (secondary N) is 1. The Hall–Kier alpha value is -2.08. The number of amides is 2. The first-order chi connectivity index (χ1) is 9.99. The van der Waals surface area contributed by atoms with Gasteiger partial charge in [0.05, 0.1) is 0 Å². The number of carbonyl (C=O) groups is 2. The highest BCUT2D eigenvalue weighted by Crippen LogP contribution is 2.16. The summed E-state index contributed by atoms with van der Waals surface area (Å²) in [7, 11) is 3.96. The molecular formula is C15H21N3O3. The maximum absolute atomic E-state index is 12.2. The molecule has 0 aliphatic carbocycles. The van der Waals surface area contributed by atoms with Crippen molar-refractivity contribution in [1.29, 1.82) is 0 Å². The van der Waals surface area contributed by atoms with Crippen LogP contribution in [-0.2, 0) is 4.79 Å². The molecule has 21 heavy (non-hydrogen) atoms. The van der Waals surface area contributed by atoms with E-state index in [9.17, 15) is 14.7 Å². The number of carbonyl (C=O) groups excluding carboxylic acids is 1. The summed E-state index contributed by atoms with van der Waals surface area (Å²) in [5, 5.41) is 11.9. The minimum Gasteiger partial charge on any atom is -0.479 e. The lowest BCUT2D eigenvalue weighted by Gasteiger charge is -2.23. The van der Waals surface area contributed by atoms with Crippen molar-refractivity contribution in [3.63, 3.8) is 0 Å². The van der Waals surface area contributed by atoms with Crippen LogP contribution in [0, 0.1) is 0 Å². The quantitative estimate of drug-likeness (QED) is 0.873. The van der Waals surface area contributed by atoms with Gasteiger partial charge in [-0.3, -0.25) is 0 Å². The topological polar surface area (TPSA) is 72.9 Å². The number of hydrogen-bond donors (Lipinski definition) is 2. The van der Waals surface area contributed by atoms with Gasteiger partial charge in [-0.05, 0) is 26.1 Å². The third kappa shape index (κ3) is 3.72. The Bertz CT molecular complexity index is 504. The number of likely N-dealkylation sites (N-methyl/N-ethyl adjacent to an activating group) is 1. The number of hydrogen-bond acceptors (Lipinski definition) is 3. The molecule has 114 valence electrons. The predicted octanol–water partition coefficient (Wildman–Crippen LogP) is 1.16. The fraction of sp³-hybridized carbons (Fsp3) is 0.467. The van der Waals surface area contributed by atoms with E-state index in [1.54, 1.807) is 29.2 Å². The molecule has 2 rings (SSSR count). The van der Waals surface area contributed by atoms with Gasteiger partial charge in [0, 0.05) is 19.1 Å². The average Bonchev–Trinajstić information content (AvgIpc) is 2.95.